The molecule has 114 valence electrons. The third-order valence-electron chi connectivity index (χ3n) is 4.14. The summed E-state index contributed by atoms with van der Waals surface area (Å²) in [6, 6.07) is 3.48. The molecule has 0 bridgehead atoms. The second-order valence-electron chi connectivity index (χ2n) is 5.36. The minimum Gasteiger partial charge on any atom is -0.309 e. The molecule has 0 saturated carbocycles. The van der Waals surface area contributed by atoms with Gasteiger partial charge in [-0.3, -0.25) is 0 Å². The summed E-state index contributed by atoms with van der Waals surface area (Å²) >= 11 is 9.30. The van der Waals surface area contributed by atoms with E-state index in [1.54, 1.807) is 12.1 Å². The minimum atomic E-state index is -0.353. The molecule has 0 radical (unpaired) electrons. The van der Waals surface area contributed by atoms with Gasteiger partial charge >= 0.3 is 0 Å². The molecule has 2 atom stereocenters. The Balaban J connectivity index is 3.38. The summed E-state index contributed by atoms with van der Waals surface area (Å²) in [5.41, 5.74) is 0.409. The number of rotatable bonds is 6. The van der Waals surface area contributed by atoms with E-state index in [2.05, 4.69) is 40.0 Å². The van der Waals surface area contributed by atoms with Crippen LogP contribution in [0.4, 0.5) is 4.39 Å². The van der Waals surface area contributed by atoms with Crippen LogP contribution in [0.5, 0.6) is 0 Å². The Labute approximate surface area is 134 Å². The Morgan fingerprint density at radius 1 is 1.40 bits per heavy atom. The van der Waals surface area contributed by atoms with E-state index in [-0.39, 0.29) is 22.4 Å². The maximum atomic E-state index is 14.5. The number of halogens is 3. The summed E-state index contributed by atoms with van der Waals surface area (Å²) in [5, 5.41) is 3.54. The van der Waals surface area contributed by atoms with E-state index >= 15 is 0 Å². The van der Waals surface area contributed by atoms with Gasteiger partial charge in [0, 0.05) is 15.6 Å². The molecule has 5 heteroatoms. The van der Waals surface area contributed by atoms with Gasteiger partial charge in [-0.15, -0.1) is 0 Å². The molecule has 2 unspecified atom stereocenters. The smallest absolute Gasteiger partial charge is 0.147 e. The highest BCUT2D eigenvalue weighted by atomic mass is 79.9. The lowest BCUT2D eigenvalue weighted by atomic mass is 9.83. The fourth-order valence-electron chi connectivity index (χ4n) is 2.41. The van der Waals surface area contributed by atoms with Gasteiger partial charge in [0.2, 0.25) is 0 Å². The molecule has 0 amide bonds. The molecular formula is C15H23BrClFN2. The quantitative estimate of drug-likeness (QED) is 0.740. The predicted octanol–water partition coefficient (Wildman–Crippen LogP) is 4.62. The highest BCUT2D eigenvalue weighted by molar-refractivity contribution is 9.10. The maximum Gasteiger partial charge on any atom is 0.147 e. The van der Waals surface area contributed by atoms with Crippen LogP contribution < -0.4 is 5.32 Å². The van der Waals surface area contributed by atoms with E-state index in [1.807, 2.05) is 21.0 Å². The zero-order valence-corrected chi connectivity index (χ0v) is 15.1. The van der Waals surface area contributed by atoms with Crippen LogP contribution in [-0.4, -0.2) is 31.1 Å². The molecule has 0 aliphatic carbocycles. The molecule has 0 heterocycles. The van der Waals surface area contributed by atoms with Crippen LogP contribution in [0.3, 0.4) is 0 Å². The molecule has 0 aliphatic rings. The topological polar surface area (TPSA) is 15.3 Å². The van der Waals surface area contributed by atoms with Gasteiger partial charge in [-0.2, -0.15) is 0 Å². The molecule has 0 fully saturated rings. The van der Waals surface area contributed by atoms with E-state index in [0.717, 1.165) is 13.0 Å². The summed E-state index contributed by atoms with van der Waals surface area (Å²) in [7, 11) is 4.04. The average molecular weight is 366 g/mol. The van der Waals surface area contributed by atoms with Gasteiger partial charge in [0.1, 0.15) is 5.82 Å². The van der Waals surface area contributed by atoms with Crippen molar-refractivity contribution in [3.8, 4) is 0 Å². The molecule has 20 heavy (non-hydrogen) atoms. The Hall–Kier alpha value is -0.160. The molecule has 1 N–H and O–H groups in total. The van der Waals surface area contributed by atoms with Gasteiger partial charge < -0.3 is 10.2 Å². The van der Waals surface area contributed by atoms with E-state index in [9.17, 15) is 4.39 Å². The first-order valence-corrected chi connectivity index (χ1v) is 8.00. The van der Waals surface area contributed by atoms with Gasteiger partial charge in [0.15, 0.2) is 0 Å². The lowest BCUT2D eigenvalue weighted by Gasteiger charge is -2.43. The largest absolute Gasteiger partial charge is 0.309 e. The van der Waals surface area contributed by atoms with Crippen LogP contribution in [-0.2, 0) is 0 Å². The normalized spacial score (nSPS) is 16.2. The highest BCUT2D eigenvalue weighted by Gasteiger charge is 2.37. The molecule has 1 aromatic carbocycles. The SMILES string of the molecule is CCNC(c1ccc(Br)c(Cl)c1F)C(C)(CC)N(C)C. The van der Waals surface area contributed by atoms with Crippen molar-refractivity contribution in [1.29, 1.82) is 0 Å². The van der Waals surface area contributed by atoms with Gasteiger partial charge in [0.25, 0.3) is 0 Å². The van der Waals surface area contributed by atoms with Crippen LogP contribution in [0.25, 0.3) is 0 Å². The summed E-state index contributed by atoms with van der Waals surface area (Å²) in [5.74, 6) is -0.353. The standard InChI is InChI=1S/C15H23BrClFN2/c1-6-15(3,20(4)5)14(19-7-2)10-8-9-11(16)12(17)13(10)18/h8-9,14,19H,6-7H2,1-5H3. The van der Waals surface area contributed by atoms with Crippen LogP contribution in [0.15, 0.2) is 16.6 Å². The summed E-state index contributed by atoms with van der Waals surface area (Å²) in [6.45, 7) is 7.04. The fourth-order valence-corrected chi connectivity index (χ4v) is 2.89. The van der Waals surface area contributed by atoms with E-state index < -0.39 is 0 Å². The van der Waals surface area contributed by atoms with Crippen molar-refractivity contribution in [1.82, 2.24) is 10.2 Å². The number of likely N-dealkylation sites (N-methyl/N-ethyl adjacent to an activating group) is 2. The third kappa shape index (κ3) is 3.35. The van der Waals surface area contributed by atoms with Crippen LogP contribution in [0.2, 0.25) is 5.02 Å². The maximum absolute atomic E-state index is 14.5. The van der Waals surface area contributed by atoms with E-state index in [0.29, 0.717) is 10.0 Å². The van der Waals surface area contributed by atoms with Crippen molar-refractivity contribution in [2.45, 2.75) is 38.8 Å². The number of hydrogen-bond donors (Lipinski definition) is 1. The van der Waals surface area contributed by atoms with E-state index in [4.69, 9.17) is 11.6 Å². The van der Waals surface area contributed by atoms with Gasteiger partial charge in [-0.1, -0.05) is 31.5 Å². The molecule has 1 aromatic rings. The Bertz CT molecular complexity index is 467. The molecule has 0 spiro atoms. The van der Waals surface area contributed by atoms with Crippen LogP contribution in [0.1, 0.15) is 38.8 Å². The Morgan fingerprint density at radius 3 is 2.45 bits per heavy atom. The van der Waals surface area contributed by atoms with Crippen LogP contribution >= 0.6 is 27.5 Å². The molecule has 2 nitrogen and oxygen atoms in total. The lowest BCUT2D eigenvalue weighted by Crippen LogP contribution is -2.51. The first-order chi connectivity index (χ1) is 9.29. The van der Waals surface area contributed by atoms with Gasteiger partial charge in [-0.05, 0) is 56.0 Å². The minimum absolute atomic E-state index is 0.127. The second-order valence-corrected chi connectivity index (χ2v) is 6.59. The van der Waals surface area contributed by atoms with Crippen molar-refractivity contribution in [3.05, 3.63) is 33.0 Å². The summed E-state index contributed by atoms with van der Waals surface area (Å²) in [4.78, 5) is 2.13. The number of nitrogens with zero attached hydrogens (tertiary/aromatic N) is 1. The van der Waals surface area contributed by atoms with Gasteiger partial charge in [0.05, 0.1) is 11.1 Å². The van der Waals surface area contributed by atoms with Crippen molar-refractivity contribution in [3.63, 3.8) is 0 Å². The van der Waals surface area contributed by atoms with Crippen molar-refractivity contribution >= 4 is 27.5 Å². The number of benzene rings is 1. The zero-order chi connectivity index (χ0) is 15.5. The number of hydrogen-bond acceptors (Lipinski definition) is 2. The summed E-state index contributed by atoms with van der Waals surface area (Å²) in [6.07, 6.45) is 0.894. The Kier molecular flexibility index (Phi) is 6.45. The first-order valence-electron chi connectivity index (χ1n) is 6.83. The second kappa shape index (κ2) is 7.21. The molecule has 0 aliphatic heterocycles. The third-order valence-corrected chi connectivity index (χ3v) is 5.40. The predicted molar refractivity (Wildman–Crippen MR) is 87.9 cm³/mol. The van der Waals surface area contributed by atoms with Crippen LogP contribution in [0, 0.1) is 5.82 Å². The molecule has 1 rings (SSSR count). The summed E-state index contributed by atoms with van der Waals surface area (Å²) < 4.78 is 15.1. The fraction of sp³-hybridized carbons (Fsp3) is 0.600. The van der Waals surface area contributed by atoms with Crippen molar-refractivity contribution < 1.29 is 4.39 Å². The molecule has 0 saturated heterocycles. The monoisotopic (exact) mass is 364 g/mol. The molecular weight excluding hydrogens is 343 g/mol. The Morgan fingerprint density at radius 2 is 2.00 bits per heavy atom. The highest BCUT2D eigenvalue weighted by Crippen LogP contribution is 2.37. The first kappa shape index (κ1) is 17.9. The van der Waals surface area contributed by atoms with E-state index in [1.165, 1.54) is 0 Å². The molecule has 0 aromatic heterocycles. The zero-order valence-electron chi connectivity index (χ0n) is 12.7. The van der Waals surface area contributed by atoms with Gasteiger partial charge in [-0.25, -0.2) is 4.39 Å². The average Bonchev–Trinajstić information content (AvgIpc) is 2.42. The van der Waals surface area contributed by atoms with Crippen molar-refractivity contribution in [2.75, 3.05) is 20.6 Å². The number of nitrogens with one attached hydrogen (secondary N) is 1. The van der Waals surface area contributed by atoms with Crippen molar-refractivity contribution in [2.24, 2.45) is 0 Å². The lowest BCUT2D eigenvalue weighted by molar-refractivity contribution is 0.112.